The SMILES string of the molecule is CC[C@@H]1C2C[C@H](O)CCC2(C)[C@H]2CCC3(C)C([C@H](C)CCC(=O)NS(C)(=O)=O)CC[C@H]3[C@@H]2[C@@H]1O. The number of aliphatic hydroxyl groups is 2. The second-order valence-electron chi connectivity index (χ2n) is 12.9. The molecule has 0 aromatic rings. The number of amides is 1. The van der Waals surface area contributed by atoms with Crippen molar-refractivity contribution in [2.45, 2.75) is 104 Å². The van der Waals surface area contributed by atoms with Crippen LogP contribution in [-0.2, 0) is 14.8 Å². The lowest BCUT2D eigenvalue weighted by Crippen LogP contribution is -2.62. The Morgan fingerprint density at radius 3 is 2.32 bits per heavy atom. The third-order valence-corrected chi connectivity index (χ3v) is 11.9. The molecule has 4 aliphatic carbocycles. The normalized spacial score (nSPS) is 47.3. The molecule has 3 N–H and O–H groups in total. The number of hydrogen-bond donors (Lipinski definition) is 3. The topological polar surface area (TPSA) is 104 Å². The zero-order valence-corrected chi connectivity index (χ0v) is 22.6. The van der Waals surface area contributed by atoms with Crippen LogP contribution in [0.2, 0.25) is 0 Å². The molecule has 0 aliphatic heterocycles. The van der Waals surface area contributed by atoms with Crippen LogP contribution in [0, 0.1) is 52.3 Å². The molecule has 34 heavy (non-hydrogen) atoms. The van der Waals surface area contributed by atoms with E-state index >= 15 is 0 Å². The van der Waals surface area contributed by atoms with Gasteiger partial charge in [0.1, 0.15) is 0 Å². The van der Waals surface area contributed by atoms with Crippen LogP contribution in [-0.4, -0.2) is 43.0 Å². The number of sulfonamides is 1. The van der Waals surface area contributed by atoms with Gasteiger partial charge >= 0.3 is 0 Å². The molecule has 0 radical (unpaired) electrons. The highest BCUT2D eigenvalue weighted by atomic mass is 32.2. The van der Waals surface area contributed by atoms with Crippen molar-refractivity contribution in [3.63, 3.8) is 0 Å². The average Bonchev–Trinajstić information content (AvgIpc) is 3.09. The van der Waals surface area contributed by atoms with E-state index in [4.69, 9.17) is 0 Å². The van der Waals surface area contributed by atoms with Crippen molar-refractivity contribution in [1.29, 1.82) is 0 Å². The Bertz CT molecular complexity index is 876. The Labute approximate surface area is 206 Å². The first-order chi connectivity index (χ1) is 15.8. The van der Waals surface area contributed by atoms with Gasteiger partial charge in [0.2, 0.25) is 15.9 Å². The molecule has 0 aromatic heterocycles. The van der Waals surface area contributed by atoms with Gasteiger partial charge in [-0.3, -0.25) is 9.52 Å². The van der Waals surface area contributed by atoms with Gasteiger partial charge in [0.05, 0.1) is 18.5 Å². The maximum Gasteiger partial charge on any atom is 0.233 e. The summed E-state index contributed by atoms with van der Waals surface area (Å²) in [6.07, 6.45) is 9.78. The minimum Gasteiger partial charge on any atom is -0.393 e. The maximum atomic E-state index is 12.1. The van der Waals surface area contributed by atoms with E-state index in [1.54, 1.807) is 0 Å². The third kappa shape index (κ3) is 4.47. The Hall–Kier alpha value is -0.660. The van der Waals surface area contributed by atoms with Gasteiger partial charge < -0.3 is 10.2 Å². The van der Waals surface area contributed by atoms with Gasteiger partial charge in [-0.2, -0.15) is 0 Å². The monoisotopic (exact) mass is 497 g/mol. The first-order valence-corrected chi connectivity index (χ1v) is 15.6. The van der Waals surface area contributed by atoms with Crippen LogP contribution >= 0.6 is 0 Å². The summed E-state index contributed by atoms with van der Waals surface area (Å²) in [5.41, 5.74) is 0.364. The summed E-state index contributed by atoms with van der Waals surface area (Å²) in [5.74, 6) is 2.44. The molecule has 4 aliphatic rings. The fourth-order valence-electron chi connectivity index (χ4n) is 9.75. The summed E-state index contributed by atoms with van der Waals surface area (Å²) in [5, 5.41) is 22.2. The lowest BCUT2D eigenvalue weighted by Gasteiger charge is -2.64. The zero-order valence-electron chi connectivity index (χ0n) is 21.8. The van der Waals surface area contributed by atoms with Crippen molar-refractivity contribution >= 4 is 15.9 Å². The Kier molecular flexibility index (Phi) is 7.25. The molecule has 0 aromatic carbocycles. The molecule has 4 saturated carbocycles. The van der Waals surface area contributed by atoms with Crippen LogP contribution in [0.5, 0.6) is 0 Å². The number of aliphatic hydroxyl groups excluding tert-OH is 2. The number of fused-ring (bicyclic) bond motifs is 5. The van der Waals surface area contributed by atoms with E-state index in [1.807, 2.05) is 0 Å². The summed E-state index contributed by atoms with van der Waals surface area (Å²) in [7, 11) is -3.51. The van der Waals surface area contributed by atoms with Crippen LogP contribution in [0.25, 0.3) is 0 Å². The third-order valence-electron chi connectivity index (χ3n) is 11.3. The van der Waals surface area contributed by atoms with Crippen LogP contribution < -0.4 is 4.72 Å². The molecule has 0 bridgehead atoms. The molecular formula is C27H47NO5S. The molecule has 4 fully saturated rings. The molecule has 0 spiro atoms. The van der Waals surface area contributed by atoms with E-state index in [0.29, 0.717) is 41.9 Å². The molecule has 1 amide bonds. The van der Waals surface area contributed by atoms with Crippen LogP contribution in [0.4, 0.5) is 0 Å². The van der Waals surface area contributed by atoms with Gasteiger partial charge in [0, 0.05) is 6.42 Å². The molecule has 196 valence electrons. The fraction of sp³-hybridized carbons (Fsp3) is 0.963. The van der Waals surface area contributed by atoms with Crippen LogP contribution in [0.3, 0.4) is 0 Å². The van der Waals surface area contributed by atoms with E-state index in [9.17, 15) is 23.4 Å². The molecule has 6 nitrogen and oxygen atoms in total. The Morgan fingerprint density at radius 2 is 1.68 bits per heavy atom. The van der Waals surface area contributed by atoms with E-state index in [0.717, 1.165) is 57.6 Å². The van der Waals surface area contributed by atoms with Gasteiger partial charge in [-0.1, -0.05) is 34.1 Å². The fourth-order valence-corrected chi connectivity index (χ4v) is 10.3. The molecule has 11 atom stereocenters. The number of hydrogen-bond acceptors (Lipinski definition) is 5. The van der Waals surface area contributed by atoms with E-state index in [2.05, 4.69) is 32.4 Å². The number of carbonyl (C=O) groups excluding carboxylic acids is 1. The predicted octanol–water partition coefficient (Wildman–Crippen LogP) is 4.11. The largest absolute Gasteiger partial charge is 0.393 e. The van der Waals surface area contributed by atoms with Gasteiger partial charge in [-0.15, -0.1) is 0 Å². The van der Waals surface area contributed by atoms with Crippen molar-refractivity contribution in [3.8, 4) is 0 Å². The molecular weight excluding hydrogens is 450 g/mol. The first-order valence-electron chi connectivity index (χ1n) is 13.7. The smallest absolute Gasteiger partial charge is 0.233 e. The van der Waals surface area contributed by atoms with Crippen molar-refractivity contribution < 1.29 is 23.4 Å². The van der Waals surface area contributed by atoms with Crippen LogP contribution in [0.1, 0.15) is 91.9 Å². The first kappa shape index (κ1) is 26.4. The van der Waals surface area contributed by atoms with E-state index < -0.39 is 15.9 Å². The highest BCUT2D eigenvalue weighted by molar-refractivity contribution is 7.89. The molecule has 4 unspecified atom stereocenters. The second kappa shape index (κ2) is 9.33. The van der Waals surface area contributed by atoms with Crippen molar-refractivity contribution in [1.82, 2.24) is 4.72 Å². The summed E-state index contributed by atoms with van der Waals surface area (Å²) in [6.45, 7) is 9.34. The molecule has 4 rings (SSSR count). The molecule has 7 heteroatoms. The van der Waals surface area contributed by atoms with Crippen molar-refractivity contribution in [2.24, 2.45) is 52.3 Å². The minimum absolute atomic E-state index is 0.157. The average molecular weight is 498 g/mol. The summed E-state index contributed by atoms with van der Waals surface area (Å²) < 4.78 is 24.8. The lowest BCUT2D eigenvalue weighted by molar-refractivity contribution is -0.203. The molecule has 0 heterocycles. The Morgan fingerprint density at radius 1 is 1.03 bits per heavy atom. The summed E-state index contributed by atoms with van der Waals surface area (Å²) in [6, 6.07) is 0. The van der Waals surface area contributed by atoms with Gasteiger partial charge in [0.15, 0.2) is 0 Å². The Balaban J connectivity index is 1.52. The second-order valence-corrected chi connectivity index (χ2v) is 14.7. The van der Waals surface area contributed by atoms with Crippen molar-refractivity contribution in [3.05, 3.63) is 0 Å². The summed E-state index contributed by atoms with van der Waals surface area (Å²) in [4.78, 5) is 12.1. The number of nitrogens with one attached hydrogen (secondary N) is 1. The van der Waals surface area contributed by atoms with Gasteiger partial charge in [0.25, 0.3) is 0 Å². The lowest BCUT2D eigenvalue weighted by atomic mass is 9.41. The molecule has 0 saturated heterocycles. The maximum absolute atomic E-state index is 12.1. The standard InChI is InChI=1S/C27H47NO5S/c1-6-18-22-15-17(29)11-13-27(22,4)21-12-14-26(3)19(8-9-20(26)24(21)25(18)31)16(2)7-10-23(30)28-34(5,32)33/h16-22,24-25,29,31H,6-15H2,1-5H3,(H,28,30)/t16-,17-,18-,19?,20+,21+,22?,24+,25-,26?,27?/m1/s1. The quantitative estimate of drug-likeness (QED) is 0.512. The van der Waals surface area contributed by atoms with Gasteiger partial charge in [-0.25, -0.2) is 8.42 Å². The summed E-state index contributed by atoms with van der Waals surface area (Å²) >= 11 is 0. The highest BCUT2D eigenvalue weighted by Crippen LogP contribution is 2.69. The van der Waals surface area contributed by atoms with Crippen molar-refractivity contribution in [2.75, 3.05) is 6.26 Å². The number of carbonyl (C=O) groups is 1. The van der Waals surface area contributed by atoms with E-state index in [-0.39, 0.29) is 35.4 Å². The number of rotatable bonds is 6. The minimum atomic E-state index is -3.51. The zero-order chi connectivity index (χ0) is 25.1. The van der Waals surface area contributed by atoms with Crippen LogP contribution in [0.15, 0.2) is 0 Å². The van der Waals surface area contributed by atoms with E-state index in [1.165, 1.54) is 0 Å². The predicted molar refractivity (Wildman–Crippen MR) is 133 cm³/mol. The highest BCUT2D eigenvalue weighted by Gasteiger charge is 2.64. The van der Waals surface area contributed by atoms with Gasteiger partial charge in [-0.05, 0) is 104 Å².